The second kappa shape index (κ2) is 6.25. The highest BCUT2D eigenvalue weighted by Crippen LogP contribution is 2.27. The maximum absolute atomic E-state index is 12.1. The summed E-state index contributed by atoms with van der Waals surface area (Å²) in [6, 6.07) is 5.08. The van der Waals surface area contributed by atoms with Crippen LogP contribution in [0.5, 0.6) is 0 Å². The molecule has 0 fully saturated rings. The van der Waals surface area contributed by atoms with Gasteiger partial charge < -0.3 is 15.1 Å². The van der Waals surface area contributed by atoms with Crippen molar-refractivity contribution in [2.24, 2.45) is 7.05 Å². The van der Waals surface area contributed by atoms with Crippen molar-refractivity contribution in [3.63, 3.8) is 0 Å². The lowest BCUT2D eigenvalue weighted by molar-refractivity contribution is 0.0911. The molecule has 120 valence electrons. The van der Waals surface area contributed by atoms with Gasteiger partial charge in [-0.2, -0.15) is 5.10 Å². The van der Waals surface area contributed by atoms with Crippen molar-refractivity contribution >= 4 is 33.4 Å². The summed E-state index contributed by atoms with van der Waals surface area (Å²) in [5.74, 6) is -0.200. The molecule has 0 aliphatic carbocycles. The molecule has 3 heterocycles. The normalized spacial score (nSPS) is 10.9. The molecule has 3 aromatic rings. The Morgan fingerprint density at radius 3 is 2.70 bits per heavy atom. The quantitative estimate of drug-likeness (QED) is 0.696. The lowest BCUT2D eigenvalue weighted by atomic mass is 10.3. The van der Waals surface area contributed by atoms with E-state index in [2.05, 4.69) is 15.7 Å². The highest BCUT2D eigenvalue weighted by molar-refractivity contribution is 7.20. The Balaban J connectivity index is 1.52. The maximum Gasteiger partial charge on any atom is 0.287 e. The van der Waals surface area contributed by atoms with Crippen LogP contribution in [0, 0.1) is 6.92 Å². The molecule has 0 saturated carbocycles. The SMILES string of the molecule is Cc1nn(C)c2sc(C(=O)NCCNC(=O)c3ccco3)cc12. The summed E-state index contributed by atoms with van der Waals surface area (Å²) in [6.45, 7) is 2.59. The van der Waals surface area contributed by atoms with Gasteiger partial charge in [-0.25, -0.2) is 0 Å². The number of thiophene rings is 1. The average molecular weight is 332 g/mol. The van der Waals surface area contributed by atoms with Crippen LogP contribution in [0.1, 0.15) is 25.9 Å². The predicted molar refractivity (Wildman–Crippen MR) is 86.7 cm³/mol. The third-order valence-corrected chi connectivity index (χ3v) is 4.56. The molecule has 0 aliphatic heterocycles. The number of fused-ring (bicyclic) bond motifs is 1. The van der Waals surface area contributed by atoms with Gasteiger partial charge in [-0.1, -0.05) is 0 Å². The Kier molecular flexibility index (Phi) is 4.16. The van der Waals surface area contributed by atoms with Crippen LogP contribution in [-0.2, 0) is 7.05 Å². The van der Waals surface area contributed by atoms with Crippen LogP contribution in [0.15, 0.2) is 28.9 Å². The van der Waals surface area contributed by atoms with Crippen LogP contribution >= 0.6 is 11.3 Å². The molecule has 2 amide bonds. The van der Waals surface area contributed by atoms with E-state index < -0.39 is 0 Å². The number of hydrogen-bond donors (Lipinski definition) is 2. The van der Waals surface area contributed by atoms with Crippen LogP contribution in [0.4, 0.5) is 0 Å². The van der Waals surface area contributed by atoms with Gasteiger partial charge in [-0.15, -0.1) is 11.3 Å². The van der Waals surface area contributed by atoms with Gasteiger partial charge in [0, 0.05) is 25.5 Å². The fourth-order valence-electron chi connectivity index (χ4n) is 2.25. The fourth-order valence-corrected chi connectivity index (χ4v) is 3.29. The summed E-state index contributed by atoms with van der Waals surface area (Å²) in [4.78, 5) is 25.4. The van der Waals surface area contributed by atoms with E-state index >= 15 is 0 Å². The van der Waals surface area contributed by atoms with Crippen LogP contribution in [-0.4, -0.2) is 34.7 Å². The van der Waals surface area contributed by atoms with Crippen LogP contribution in [0.2, 0.25) is 0 Å². The molecule has 0 atom stereocenters. The lowest BCUT2D eigenvalue weighted by Crippen LogP contribution is -2.34. The molecule has 7 nitrogen and oxygen atoms in total. The largest absolute Gasteiger partial charge is 0.459 e. The number of aromatic nitrogens is 2. The molecule has 0 aliphatic rings. The summed E-state index contributed by atoms with van der Waals surface area (Å²) in [7, 11) is 1.86. The molecular formula is C15H16N4O3S. The molecule has 3 rings (SSSR count). The molecule has 0 spiro atoms. The highest BCUT2D eigenvalue weighted by Gasteiger charge is 2.15. The Morgan fingerprint density at radius 1 is 1.30 bits per heavy atom. The Labute approximate surface area is 136 Å². The summed E-state index contributed by atoms with van der Waals surface area (Å²) in [6.07, 6.45) is 1.44. The first-order valence-electron chi connectivity index (χ1n) is 7.09. The molecule has 0 bridgehead atoms. The molecule has 8 heteroatoms. The zero-order chi connectivity index (χ0) is 16.4. The van der Waals surface area contributed by atoms with Gasteiger partial charge in [-0.3, -0.25) is 14.3 Å². The van der Waals surface area contributed by atoms with Gasteiger partial charge in [-0.05, 0) is 25.1 Å². The first kappa shape index (κ1) is 15.3. The topological polar surface area (TPSA) is 89.2 Å². The van der Waals surface area contributed by atoms with E-state index in [0.717, 1.165) is 15.9 Å². The van der Waals surface area contributed by atoms with E-state index in [9.17, 15) is 9.59 Å². The van der Waals surface area contributed by atoms with Gasteiger partial charge in [0.2, 0.25) is 0 Å². The maximum atomic E-state index is 12.1. The monoisotopic (exact) mass is 332 g/mol. The second-order valence-corrected chi connectivity index (χ2v) is 6.06. The van der Waals surface area contributed by atoms with Crippen molar-refractivity contribution in [2.75, 3.05) is 13.1 Å². The minimum atomic E-state index is -0.298. The van der Waals surface area contributed by atoms with Gasteiger partial charge in [0.1, 0.15) is 4.83 Å². The van der Waals surface area contributed by atoms with Crippen LogP contribution in [0.25, 0.3) is 10.2 Å². The third-order valence-electron chi connectivity index (χ3n) is 3.36. The first-order chi connectivity index (χ1) is 11.1. The van der Waals surface area contributed by atoms with E-state index in [1.54, 1.807) is 16.8 Å². The lowest BCUT2D eigenvalue weighted by Gasteiger charge is -2.04. The van der Waals surface area contributed by atoms with Crippen molar-refractivity contribution in [1.82, 2.24) is 20.4 Å². The van der Waals surface area contributed by atoms with Crippen molar-refractivity contribution in [3.8, 4) is 0 Å². The van der Waals surface area contributed by atoms with Gasteiger partial charge in [0.15, 0.2) is 5.76 Å². The Hall–Kier alpha value is -2.61. The molecule has 0 aromatic carbocycles. The summed E-state index contributed by atoms with van der Waals surface area (Å²) >= 11 is 1.40. The minimum Gasteiger partial charge on any atom is -0.459 e. The van der Waals surface area contributed by atoms with E-state index in [-0.39, 0.29) is 17.6 Å². The molecule has 0 unspecified atom stereocenters. The zero-order valence-electron chi connectivity index (χ0n) is 12.8. The average Bonchev–Trinajstić information content (AvgIpc) is 3.23. The zero-order valence-corrected chi connectivity index (χ0v) is 13.6. The van der Waals surface area contributed by atoms with E-state index in [0.29, 0.717) is 18.0 Å². The predicted octanol–water partition coefficient (Wildman–Crippen LogP) is 1.70. The Bertz CT molecular complexity index is 813. The summed E-state index contributed by atoms with van der Waals surface area (Å²) in [5.41, 5.74) is 0.906. The van der Waals surface area contributed by atoms with Crippen LogP contribution < -0.4 is 10.6 Å². The second-order valence-electron chi connectivity index (χ2n) is 5.03. The van der Waals surface area contributed by atoms with Crippen molar-refractivity contribution in [1.29, 1.82) is 0 Å². The summed E-state index contributed by atoms with van der Waals surface area (Å²) in [5, 5.41) is 10.8. The fraction of sp³-hybridized carbons (Fsp3) is 0.267. The number of aryl methyl sites for hydroxylation is 2. The number of nitrogens with zero attached hydrogens (tertiary/aromatic N) is 2. The first-order valence-corrected chi connectivity index (χ1v) is 7.91. The number of rotatable bonds is 5. The number of nitrogens with one attached hydrogen (secondary N) is 2. The number of carbonyl (C=O) groups is 2. The molecule has 0 saturated heterocycles. The number of furan rings is 1. The molecule has 23 heavy (non-hydrogen) atoms. The summed E-state index contributed by atoms with van der Waals surface area (Å²) < 4.78 is 6.76. The molecule has 3 aromatic heterocycles. The molecule has 2 N–H and O–H groups in total. The number of hydrogen-bond acceptors (Lipinski definition) is 5. The standard InChI is InChI=1S/C15H16N4O3S/c1-9-10-8-12(23-15(10)19(2)18-9)14(21)17-6-5-16-13(20)11-4-3-7-22-11/h3-4,7-8H,5-6H2,1-2H3,(H,16,20)(H,17,21). The highest BCUT2D eigenvalue weighted by atomic mass is 32.1. The number of carbonyl (C=O) groups excluding carboxylic acids is 2. The molecule has 0 radical (unpaired) electrons. The van der Waals surface area contributed by atoms with Gasteiger partial charge >= 0.3 is 0 Å². The van der Waals surface area contributed by atoms with Gasteiger partial charge in [0.05, 0.1) is 16.8 Å². The Morgan fingerprint density at radius 2 is 2.04 bits per heavy atom. The van der Waals surface area contributed by atoms with E-state index in [4.69, 9.17) is 4.42 Å². The van der Waals surface area contributed by atoms with Crippen molar-refractivity contribution in [2.45, 2.75) is 6.92 Å². The van der Waals surface area contributed by atoms with Crippen LogP contribution in [0.3, 0.4) is 0 Å². The minimum absolute atomic E-state index is 0.155. The van der Waals surface area contributed by atoms with Crippen molar-refractivity contribution < 1.29 is 14.0 Å². The van der Waals surface area contributed by atoms with E-state index in [1.165, 1.54) is 17.6 Å². The van der Waals surface area contributed by atoms with E-state index in [1.807, 2.05) is 20.0 Å². The molecular weight excluding hydrogens is 316 g/mol. The van der Waals surface area contributed by atoms with Crippen molar-refractivity contribution in [3.05, 3.63) is 40.8 Å². The number of amides is 2. The van der Waals surface area contributed by atoms with Gasteiger partial charge in [0.25, 0.3) is 11.8 Å². The third kappa shape index (κ3) is 3.11. The smallest absolute Gasteiger partial charge is 0.287 e.